The van der Waals surface area contributed by atoms with Crippen LogP contribution in [0, 0.1) is 11.8 Å². The van der Waals surface area contributed by atoms with Crippen LogP contribution in [-0.2, 0) is 28.5 Å². The van der Waals surface area contributed by atoms with Gasteiger partial charge < -0.3 is 24.1 Å². The van der Waals surface area contributed by atoms with Gasteiger partial charge in [0.2, 0.25) is 6.29 Å². The van der Waals surface area contributed by atoms with Crippen LogP contribution in [0.1, 0.15) is 26.2 Å². The quantitative estimate of drug-likeness (QED) is 0.728. The Bertz CT molecular complexity index is 562. The maximum Gasteiger partial charge on any atom is 0.376 e. The second-order valence-electron chi connectivity index (χ2n) is 6.72. The van der Waals surface area contributed by atoms with Gasteiger partial charge in [0.1, 0.15) is 6.10 Å². The molecule has 0 radical (unpaired) electrons. The summed E-state index contributed by atoms with van der Waals surface area (Å²) >= 11 is 0. The van der Waals surface area contributed by atoms with Crippen molar-refractivity contribution < 1.29 is 42.4 Å². The van der Waals surface area contributed by atoms with Gasteiger partial charge in [-0.1, -0.05) is 0 Å². The van der Waals surface area contributed by atoms with Crippen molar-refractivity contribution in [3.8, 4) is 0 Å². The molecule has 4 aliphatic rings. The van der Waals surface area contributed by atoms with Gasteiger partial charge in [0.25, 0.3) is 0 Å². The molecule has 0 aromatic heterocycles. The van der Waals surface area contributed by atoms with Crippen molar-refractivity contribution in [3.05, 3.63) is 0 Å². The molecule has 1 spiro atoms. The lowest BCUT2D eigenvalue weighted by molar-refractivity contribution is -0.248. The van der Waals surface area contributed by atoms with Gasteiger partial charge in [-0.25, -0.2) is 9.59 Å². The molecule has 2 bridgehead atoms. The minimum absolute atomic E-state index is 0.168. The zero-order valence-electron chi connectivity index (χ0n) is 12.2. The summed E-state index contributed by atoms with van der Waals surface area (Å²) in [6.45, 7) is 0.501. The Morgan fingerprint density at radius 3 is 2.70 bits per heavy atom. The summed E-state index contributed by atoms with van der Waals surface area (Å²) in [5, 5.41) is 9.64. The fourth-order valence-electron chi connectivity index (χ4n) is 4.11. The summed E-state index contributed by atoms with van der Waals surface area (Å²) in [6, 6.07) is 0. The largest absolute Gasteiger partial charge is 0.458 e. The van der Waals surface area contributed by atoms with Crippen molar-refractivity contribution in [3.63, 3.8) is 0 Å². The Balaban J connectivity index is 1.44. The molecule has 128 valence electrons. The number of hydrogen-bond acceptors (Lipinski definition) is 7. The molecular formula is C14H16F2O7. The second-order valence-corrected chi connectivity index (χ2v) is 6.72. The van der Waals surface area contributed by atoms with Gasteiger partial charge in [-0.15, -0.1) is 0 Å². The predicted molar refractivity (Wildman–Crippen MR) is 65.9 cm³/mol. The average Bonchev–Trinajstić information content (AvgIpc) is 3.14. The molecule has 2 saturated carbocycles. The molecular weight excluding hydrogens is 318 g/mol. The van der Waals surface area contributed by atoms with E-state index in [9.17, 15) is 23.5 Å². The van der Waals surface area contributed by atoms with E-state index < -0.39 is 48.3 Å². The maximum atomic E-state index is 12.9. The Hall–Kier alpha value is -1.32. The van der Waals surface area contributed by atoms with Crippen LogP contribution in [0.3, 0.4) is 0 Å². The maximum absolute atomic E-state index is 12.9. The monoisotopic (exact) mass is 334 g/mol. The first-order chi connectivity index (χ1) is 10.7. The number of ether oxygens (including phenoxy) is 4. The van der Waals surface area contributed by atoms with E-state index in [0.29, 0.717) is 26.2 Å². The summed E-state index contributed by atoms with van der Waals surface area (Å²) < 4.78 is 46.9. The highest BCUT2D eigenvalue weighted by Gasteiger charge is 2.67. The van der Waals surface area contributed by atoms with Crippen LogP contribution >= 0.6 is 0 Å². The van der Waals surface area contributed by atoms with Crippen LogP contribution in [0.2, 0.25) is 0 Å². The average molecular weight is 334 g/mol. The first-order valence-corrected chi connectivity index (χ1v) is 7.53. The van der Waals surface area contributed by atoms with Gasteiger partial charge >= 0.3 is 17.9 Å². The van der Waals surface area contributed by atoms with Gasteiger partial charge in [-0.2, -0.15) is 8.78 Å². The summed E-state index contributed by atoms with van der Waals surface area (Å²) in [7, 11) is 0. The molecule has 0 aromatic rings. The van der Waals surface area contributed by atoms with E-state index >= 15 is 0 Å². The topological polar surface area (TPSA) is 91.3 Å². The summed E-state index contributed by atoms with van der Waals surface area (Å²) in [6.07, 6.45) is -2.55. The highest BCUT2D eigenvalue weighted by molar-refractivity contribution is 5.78. The molecule has 2 saturated heterocycles. The molecule has 4 fully saturated rings. The zero-order valence-corrected chi connectivity index (χ0v) is 12.2. The smallest absolute Gasteiger partial charge is 0.376 e. The van der Waals surface area contributed by atoms with Gasteiger partial charge in [0.15, 0.2) is 18.0 Å². The van der Waals surface area contributed by atoms with Crippen molar-refractivity contribution in [1.29, 1.82) is 0 Å². The highest BCUT2D eigenvalue weighted by atomic mass is 19.3. The van der Waals surface area contributed by atoms with E-state index in [2.05, 4.69) is 4.74 Å². The Morgan fingerprint density at radius 1 is 1.39 bits per heavy atom. The second kappa shape index (κ2) is 4.61. The van der Waals surface area contributed by atoms with Gasteiger partial charge in [0.05, 0.1) is 0 Å². The van der Waals surface area contributed by atoms with E-state index in [4.69, 9.17) is 14.2 Å². The zero-order chi connectivity index (χ0) is 16.6. The van der Waals surface area contributed by atoms with Crippen LogP contribution in [0.4, 0.5) is 8.78 Å². The predicted octanol–water partition coefficient (Wildman–Crippen LogP) is 0.339. The number of aliphatic hydroxyl groups excluding tert-OH is 1. The van der Waals surface area contributed by atoms with E-state index in [1.807, 2.05) is 0 Å². The first kappa shape index (κ1) is 15.2. The van der Waals surface area contributed by atoms with Crippen LogP contribution < -0.4 is 0 Å². The third-order valence-corrected chi connectivity index (χ3v) is 5.13. The van der Waals surface area contributed by atoms with E-state index in [-0.39, 0.29) is 11.8 Å². The number of hydrogen-bond donors (Lipinski definition) is 1. The summed E-state index contributed by atoms with van der Waals surface area (Å²) in [5.74, 6) is -7.10. The minimum atomic E-state index is -3.52. The first-order valence-electron chi connectivity index (χ1n) is 7.53. The molecule has 0 amide bonds. The Kier molecular flexibility index (Phi) is 3.05. The molecule has 1 N–H and O–H groups in total. The lowest BCUT2D eigenvalue weighted by Crippen LogP contribution is -2.44. The molecule has 7 nitrogen and oxygen atoms in total. The van der Waals surface area contributed by atoms with Crippen molar-refractivity contribution in [2.75, 3.05) is 0 Å². The number of rotatable bonds is 2. The molecule has 0 aromatic carbocycles. The van der Waals surface area contributed by atoms with Crippen LogP contribution in [-0.4, -0.2) is 53.4 Å². The lowest BCUT2D eigenvalue weighted by atomic mass is 9.91. The highest BCUT2D eigenvalue weighted by Crippen LogP contribution is 2.58. The molecule has 2 aliphatic carbocycles. The van der Waals surface area contributed by atoms with E-state index in [0.717, 1.165) is 0 Å². The molecule has 7 atom stereocenters. The lowest BCUT2D eigenvalue weighted by Gasteiger charge is -2.36. The fourth-order valence-corrected chi connectivity index (χ4v) is 4.11. The van der Waals surface area contributed by atoms with Crippen molar-refractivity contribution in [2.45, 2.75) is 62.5 Å². The number of fused-ring (bicyclic) bond motifs is 4. The number of cyclic esters (lactones) is 1. The van der Waals surface area contributed by atoms with E-state index in [1.165, 1.54) is 0 Å². The van der Waals surface area contributed by atoms with Crippen molar-refractivity contribution >= 4 is 11.9 Å². The molecule has 23 heavy (non-hydrogen) atoms. The van der Waals surface area contributed by atoms with E-state index in [1.54, 1.807) is 0 Å². The van der Waals surface area contributed by atoms with Gasteiger partial charge in [0, 0.05) is 25.2 Å². The van der Waals surface area contributed by atoms with Crippen molar-refractivity contribution in [2.24, 2.45) is 11.8 Å². The Labute approximate surface area is 129 Å². The molecule has 4 rings (SSSR count). The molecule has 7 unspecified atom stereocenters. The molecule has 2 heterocycles. The van der Waals surface area contributed by atoms with Gasteiger partial charge in [-0.3, -0.25) is 0 Å². The standard InChI is InChI=1S/C14H16F2O7/c1-13(15,16)12(19)20-7-3-6-2-5(7)4-14(6)22-8-9(23-14)11(18)21-10(8)17/h5-10,17H,2-4H2,1H3. The Morgan fingerprint density at radius 2 is 2.13 bits per heavy atom. The number of alkyl halides is 2. The van der Waals surface area contributed by atoms with Crippen molar-refractivity contribution in [1.82, 2.24) is 0 Å². The SMILES string of the molecule is CC(F)(F)C(=O)OC1CC2CC1CC21OC2C(=O)OC(O)C2O1. The third-order valence-electron chi connectivity index (χ3n) is 5.13. The van der Waals surface area contributed by atoms with Crippen LogP contribution in [0.25, 0.3) is 0 Å². The normalized spacial score (nSPS) is 47.9. The number of esters is 2. The molecule has 2 aliphatic heterocycles. The molecule has 9 heteroatoms. The van der Waals surface area contributed by atoms with Crippen LogP contribution in [0.5, 0.6) is 0 Å². The minimum Gasteiger partial charge on any atom is -0.458 e. The number of carbonyl (C=O) groups is 2. The summed E-state index contributed by atoms with van der Waals surface area (Å²) in [5.41, 5.74) is 0. The number of carbonyl (C=O) groups excluding carboxylic acids is 2. The number of aliphatic hydroxyl groups is 1. The fraction of sp³-hybridized carbons (Fsp3) is 0.857. The van der Waals surface area contributed by atoms with Gasteiger partial charge in [-0.05, 0) is 12.8 Å². The number of halogens is 2. The van der Waals surface area contributed by atoms with Crippen LogP contribution in [0.15, 0.2) is 0 Å². The summed E-state index contributed by atoms with van der Waals surface area (Å²) in [4.78, 5) is 22.9. The third kappa shape index (κ3) is 2.17.